The maximum atomic E-state index is 2.08. The Balaban J connectivity index is 0.000000640. The second-order valence-electron chi connectivity index (χ2n) is 2.05. The molecule has 0 N–H and O–H groups in total. The van der Waals surface area contributed by atoms with Gasteiger partial charge in [0.1, 0.15) is 7.05 Å². The van der Waals surface area contributed by atoms with Gasteiger partial charge in [-0.25, -0.2) is 4.57 Å². The van der Waals surface area contributed by atoms with Crippen LogP contribution in [0.1, 0.15) is 5.56 Å². The van der Waals surface area contributed by atoms with Crippen LogP contribution in [0.15, 0.2) is 24.5 Å². The van der Waals surface area contributed by atoms with E-state index in [4.69, 9.17) is 0 Å². The zero-order valence-electron chi connectivity index (χ0n) is 5.63. The van der Waals surface area contributed by atoms with Gasteiger partial charge in [0.25, 0.3) is 0 Å². The molecule has 0 saturated carbocycles. The van der Waals surface area contributed by atoms with Gasteiger partial charge in [-0.1, -0.05) is 0 Å². The highest BCUT2D eigenvalue weighted by molar-refractivity contribution is 5.00. The number of aromatic nitrogens is 1. The van der Waals surface area contributed by atoms with Gasteiger partial charge in [-0.2, -0.15) is 0 Å². The molecule has 0 saturated heterocycles. The molecule has 1 rings (SSSR count). The van der Waals surface area contributed by atoms with Gasteiger partial charge in [-0.05, 0) is 13.0 Å². The molecule has 0 fully saturated rings. The summed E-state index contributed by atoms with van der Waals surface area (Å²) in [6.45, 7) is 2.08. The van der Waals surface area contributed by atoms with E-state index in [9.17, 15) is 0 Å². The number of rotatable bonds is 0. The molecule has 50 valence electrons. The van der Waals surface area contributed by atoms with E-state index in [1.807, 2.05) is 23.9 Å². The Bertz CT molecular complexity index is 169. The molecule has 1 aromatic heterocycles. The van der Waals surface area contributed by atoms with Gasteiger partial charge in [0, 0.05) is 11.6 Å². The van der Waals surface area contributed by atoms with Gasteiger partial charge in [0.2, 0.25) is 0 Å². The maximum absolute atomic E-state index is 2.08. The van der Waals surface area contributed by atoms with Crippen LogP contribution in [0.2, 0.25) is 0 Å². The summed E-state index contributed by atoms with van der Waals surface area (Å²) in [6, 6.07) is 4.12. The highest BCUT2D eigenvalue weighted by Gasteiger charge is 1.87. The van der Waals surface area contributed by atoms with Crippen molar-refractivity contribution in [1.82, 2.24) is 0 Å². The molecule has 0 aliphatic carbocycles. The van der Waals surface area contributed by atoms with Crippen molar-refractivity contribution in [3.63, 3.8) is 0 Å². The molecular weight excluding hydrogens is 134 g/mol. The Labute approximate surface area is 61.7 Å². The predicted octanol–water partition coefficient (Wildman–Crippen LogP) is -2.18. The van der Waals surface area contributed by atoms with Crippen molar-refractivity contribution in [2.75, 3.05) is 0 Å². The molecule has 0 unspecified atom stereocenters. The molecule has 1 heterocycles. The summed E-state index contributed by atoms with van der Waals surface area (Å²) in [5.74, 6) is 0. The molecule has 1 aromatic rings. The summed E-state index contributed by atoms with van der Waals surface area (Å²) in [4.78, 5) is 0. The van der Waals surface area contributed by atoms with Gasteiger partial charge < -0.3 is 12.4 Å². The van der Waals surface area contributed by atoms with Crippen molar-refractivity contribution in [2.24, 2.45) is 7.05 Å². The largest absolute Gasteiger partial charge is 1.00 e. The van der Waals surface area contributed by atoms with Crippen LogP contribution in [0.4, 0.5) is 0 Å². The zero-order valence-corrected chi connectivity index (χ0v) is 6.39. The second-order valence-corrected chi connectivity index (χ2v) is 2.05. The van der Waals surface area contributed by atoms with Crippen molar-refractivity contribution in [2.45, 2.75) is 6.92 Å². The molecule has 0 aromatic carbocycles. The van der Waals surface area contributed by atoms with Crippen LogP contribution in [-0.2, 0) is 7.05 Å². The minimum Gasteiger partial charge on any atom is -1.00 e. The quantitative estimate of drug-likeness (QED) is 0.364. The number of hydrogen-bond donors (Lipinski definition) is 0. The van der Waals surface area contributed by atoms with Crippen molar-refractivity contribution in [3.8, 4) is 0 Å². The maximum Gasteiger partial charge on any atom is 0.171 e. The smallest absolute Gasteiger partial charge is 0.171 e. The third kappa shape index (κ3) is 2.47. The molecule has 1 nitrogen and oxygen atoms in total. The van der Waals surface area contributed by atoms with E-state index in [1.165, 1.54) is 5.56 Å². The average molecular weight is 144 g/mol. The van der Waals surface area contributed by atoms with E-state index in [0.717, 1.165) is 0 Å². The molecule has 2 heteroatoms. The molecule has 0 aliphatic heterocycles. The molecule has 0 amide bonds. The lowest BCUT2D eigenvalue weighted by Gasteiger charge is -1.85. The molecular formula is C7H10ClN. The molecule has 0 spiro atoms. The Morgan fingerprint density at radius 1 is 1.44 bits per heavy atom. The lowest BCUT2D eigenvalue weighted by atomic mass is 10.3. The minimum atomic E-state index is 0. The summed E-state index contributed by atoms with van der Waals surface area (Å²) >= 11 is 0. The van der Waals surface area contributed by atoms with Gasteiger partial charge in [0.05, 0.1) is 0 Å². The number of nitrogens with zero attached hydrogens (tertiary/aromatic N) is 1. The second kappa shape index (κ2) is 3.46. The van der Waals surface area contributed by atoms with Crippen LogP contribution in [-0.4, -0.2) is 0 Å². The van der Waals surface area contributed by atoms with Gasteiger partial charge in [-0.15, -0.1) is 0 Å². The SMILES string of the molecule is Cc1ccc[n+](C)c1.[Cl-]. The van der Waals surface area contributed by atoms with Crippen LogP contribution in [0, 0.1) is 6.92 Å². The van der Waals surface area contributed by atoms with Gasteiger partial charge in [0.15, 0.2) is 12.4 Å². The normalized spacial score (nSPS) is 8.22. The van der Waals surface area contributed by atoms with Crippen LogP contribution in [0.5, 0.6) is 0 Å². The van der Waals surface area contributed by atoms with E-state index in [1.54, 1.807) is 0 Å². The van der Waals surface area contributed by atoms with E-state index < -0.39 is 0 Å². The number of pyridine rings is 1. The highest BCUT2D eigenvalue weighted by Crippen LogP contribution is 1.86. The first-order chi connectivity index (χ1) is 3.79. The third-order valence-electron chi connectivity index (χ3n) is 1.09. The zero-order chi connectivity index (χ0) is 5.98. The number of aryl methyl sites for hydroxylation is 2. The van der Waals surface area contributed by atoms with Crippen molar-refractivity contribution < 1.29 is 17.0 Å². The number of hydrogen-bond acceptors (Lipinski definition) is 0. The lowest BCUT2D eigenvalue weighted by Crippen LogP contribution is -3.00. The Morgan fingerprint density at radius 2 is 2.11 bits per heavy atom. The van der Waals surface area contributed by atoms with Crippen molar-refractivity contribution in [3.05, 3.63) is 30.1 Å². The van der Waals surface area contributed by atoms with E-state index in [2.05, 4.69) is 19.2 Å². The molecule has 0 bridgehead atoms. The van der Waals surface area contributed by atoms with Crippen LogP contribution < -0.4 is 17.0 Å². The van der Waals surface area contributed by atoms with Crippen LogP contribution >= 0.6 is 0 Å². The fraction of sp³-hybridized carbons (Fsp3) is 0.286. The van der Waals surface area contributed by atoms with Crippen molar-refractivity contribution in [1.29, 1.82) is 0 Å². The highest BCUT2D eigenvalue weighted by atomic mass is 35.5. The first-order valence-electron chi connectivity index (χ1n) is 2.71. The summed E-state index contributed by atoms with van der Waals surface area (Å²) in [5, 5.41) is 0. The summed E-state index contributed by atoms with van der Waals surface area (Å²) in [5.41, 5.74) is 1.30. The molecule has 9 heavy (non-hydrogen) atoms. The third-order valence-corrected chi connectivity index (χ3v) is 1.09. The van der Waals surface area contributed by atoms with E-state index >= 15 is 0 Å². The standard InChI is InChI=1S/C7H10N.ClH/c1-7-4-3-5-8(2)6-7;/h3-6H,1-2H3;1H/q+1;/p-1. The van der Waals surface area contributed by atoms with Crippen LogP contribution in [0.3, 0.4) is 0 Å². The van der Waals surface area contributed by atoms with E-state index in [-0.39, 0.29) is 12.4 Å². The predicted molar refractivity (Wildman–Crippen MR) is 32.4 cm³/mol. The van der Waals surface area contributed by atoms with Gasteiger partial charge in [-0.3, -0.25) is 0 Å². The van der Waals surface area contributed by atoms with Crippen LogP contribution in [0.25, 0.3) is 0 Å². The van der Waals surface area contributed by atoms with E-state index in [0.29, 0.717) is 0 Å². The average Bonchev–Trinajstić information content (AvgIpc) is 1.64. The first kappa shape index (κ1) is 8.44. The summed E-state index contributed by atoms with van der Waals surface area (Å²) < 4.78 is 2.04. The minimum absolute atomic E-state index is 0. The Hall–Kier alpha value is -0.560. The molecule has 0 aliphatic rings. The Morgan fingerprint density at radius 3 is 2.44 bits per heavy atom. The first-order valence-corrected chi connectivity index (χ1v) is 2.71. The summed E-state index contributed by atoms with van der Waals surface area (Å²) in [6.07, 6.45) is 4.10. The monoisotopic (exact) mass is 143 g/mol. The molecule has 0 atom stereocenters. The molecule has 0 radical (unpaired) electrons. The fourth-order valence-electron chi connectivity index (χ4n) is 0.738. The van der Waals surface area contributed by atoms with Crippen molar-refractivity contribution >= 4 is 0 Å². The summed E-state index contributed by atoms with van der Waals surface area (Å²) in [7, 11) is 2.02. The topological polar surface area (TPSA) is 3.88 Å². The van der Waals surface area contributed by atoms with Gasteiger partial charge >= 0.3 is 0 Å². The fourth-order valence-corrected chi connectivity index (χ4v) is 0.738. The number of halogens is 1. The lowest BCUT2D eigenvalue weighted by molar-refractivity contribution is -0.671. The Kier molecular flexibility index (Phi) is 3.25.